The summed E-state index contributed by atoms with van der Waals surface area (Å²) in [6.07, 6.45) is 6.81. The van der Waals surface area contributed by atoms with E-state index >= 15 is 0 Å². The number of carbonyl (C=O) groups is 1. The van der Waals surface area contributed by atoms with Gasteiger partial charge in [0.05, 0.1) is 12.7 Å². The SMILES string of the molecule is COC1COCC[C@@H]1NC1CCN(C(=O)c2ncnc(NC[C@H]3C[C@H](c4ccccc4)C3)c2C)CC1. The molecule has 1 amide bonds. The van der Waals surface area contributed by atoms with Crippen LogP contribution in [0.2, 0.25) is 0 Å². The quantitative estimate of drug-likeness (QED) is 0.583. The number of anilines is 1. The predicted octanol–water partition coefficient (Wildman–Crippen LogP) is 3.39. The average molecular weight is 494 g/mol. The molecule has 2 N–H and O–H groups in total. The van der Waals surface area contributed by atoms with Crippen LogP contribution in [0.5, 0.6) is 0 Å². The van der Waals surface area contributed by atoms with Crippen molar-refractivity contribution < 1.29 is 14.3 Å². The van der Waals surface area contributed by atoms with Crippen molar-refractivity contribution in [2.24, 2.45) is 5.92 Å². The number of amides is 1. The van der Waals surface area contributed by atoms with Crippen molar-refractivity contribution in [3.05, 3.63) is 53.5 Å². The molecule has 2 atom stereocenters. The Kier molecular flexibility index (Phi) is 8.14. The fourth-order valence-electron chi connectivity index (χ4n) is 5.82. The number of likely N-dealkylation sites (tertiary alicyclic amines) is 1. The number of rotatable bonds is 8. The van der Waals surface area contributed by atoms with E-state index in [-0.39, 0.29) is 12.0 Å². The lowest BCUT2D eigenvalue weighted by molar-refractivity contribution is -0.0533. The van der Waals surface area contributed by atoms with Crippen LogP contribution >= 0.6 is 0 Å². The summed E-state index contributed by atoms with van der Waals surface area (Å²) in [5.74, 6) is 2.07. The zero-order valence-corrected chi connectivity index (χ0v) is 21.5. The van der Waals surface area contributed by atoms with E-state index in [2.05, 4.69) is 50.9 Å². The van der Waals surface area contributed by atoms with Crippen molar-refractivity contribution in [3.63, 3.8) is 0 Å². The second-order valence-corrected chi connectivity index (χ2v) is 10.5. The van der Waals surface area contributed by atoms with E-state index in [4.69, 9.17) is 9.47 Å². The van der Waals surface area contributed by atoms with Gasteiger partial charge in [-0.25, -0.2) is 9.97 Å². The number of carbonyl (C=O) groups excluding carboxylic acids is 1. The number of hydrogen-bond acceptors (Lipinski definition) is 7. The first-order chi connectivity index (χ1) is 17.6. The molecular formula is C28H39N5O3. The van der Waals surface area contributed by atoms with E-state index in [0.717, 1.165) is 56.9 Å². The number of nitrogens with zero attached hydrogens (tertiary/aromatic N) is 3. The predicted molar refractivity (Wildman–Crippen MR) is 139 cm³/mol. The van der Waals surface area contributed by atoms with E-state index < -0.39 is 0 Å². The van der Waals surface area contributed by atoms with Crippen molar-refractivity contribution in [1.82, 2.24) is 20.2 Å². The van der Waals surface area contributed by atoms with Gasteiger partial charge in [0.15, 0.2) is 0 Å². The lowest BCUT2D eigenvalue weighted by atomic mass is 9.71. The highest BCUT2D eigenvalue weighted by Gasteiger charge is 2.32. The molecular weight excluding hydrogens is 454 g/mol. The minimum Gasteiger partial charge on any atom is -0.379 e. The summed E-state index contributed by atoms with van der Waals surface area (Å²) in [7, 11) is 1.75. The Balaban J connectivity index is 1.11. The number of hydrogen-bond donors (Lipinski definition) is 2. The van der Waals surface area contributed by atoms with Crippen molar-refractivity contribution in [2.75, 3.05) is 45.3 Å². The van der Waals surface area contributed by atoms with E-state index in [0.29, 0.717) is 36.2 Å². The van der Waals surface area contributed by atoms with Gasteiger partial charge in [-0.2, -0.15) is 0 Å². The maximum absolute atomic E-state index is 13.3. The molecule has 0 spiro atoms. The van der Waals surface area contributed by atoms with Gasteiger partial charge >= 0.3 is 0 Å². The third kappa shape index (κ3) is 5.71. The van der Waals surface area contributed by atoms with Gasteiger partial charge < -0.3 is 25.0 Å². The first-order valence-electron chi connectivity index (χ1n) is 13.4. The summed E-state index contributed by atoms with van der Waals surface area (Å²) >= 11 is 0. The molecule has 1 aliphatic carbocycles. The van der Waals surface area contributed by atoms with Crippen molar-refractivity contribution in [1.29, 1.82) is 0 Å². The second-order valence-electron chi connectivity index (χ2n) is 10.5. The second kappa shape index (κ2) is 11.7. The van der Waals surface area contributed by atoms with Crippen LogP contribution in [0.3, 0.4) is 0 Å². The molecule has 2 aromatic rings. The summed E-state index contributed by atoms with van der Waals surface area (Å²) < 4.78 is 11.1. The minimum atomic E-state index is 0.00465. The number of aromatic nitrogens is 2. The number of ether oxygens (including phenoxy) is 2. The summed E-state index contributed by atoms with van der Waals surface area (Å²) in [5, 5.41) is 7.25. The summed E-state index contributed by atoms with van der Waals surface area (Å²) in [4.78, 5) is 24.1. The Bertz CT molecular complexity index is 1010. The molecule has 8 heteroatoms. The number of piperidine rings is 1. The largest absolute Gasteiger partial charge is 0.379 e. The van der Waals surface area contributed by atoms with Gasteiger partial charge in [0.1, 0.15) is 17.8 Å². The lowest BCUT2D eigenvalue weighted by Gasteiger charge is -2.38. The molecule has 1 saturated carbocycles. The van der Waals surface area contributed by atoms with Crippen molar-refractivity contribution in [2.45, 2.75) is 63.1 Å². The van der Waals surface area contributed by atoms with E-state index in [1.807, 2.05) is 11.8 Å². The monoisotopic (exact) mass is 493 g/mol. The van der Waals surface area contributed by atoms with E-state index in [1.54, 1.807) is 7.11 Å². The first-order valence-corrected chi connectivity index (χ1v) is 13.4. The van der Waals surface area contributed by atoms with E-state index in [9.17, 15) is 4.79 Å². The van der Waals surface area contributed by atoms with Crippen LogP contribution in [0.15, 0.2) is 36.7 Å². The van der Waals surface area contributed by atoms with Crippen molar-refractivity contribution in [3.8, 4) is 0 Å². The summed E-state index contributed by atoms with van der Waals surface area (Å²) in [5.41, 5.74) is 2.79. The van der Waals surface area contributed by atoms with Gasteiger partial charge in [-0.3, -0.25) is 4.79 Å². The average Bonchev–Trinajstić information content (AvgIpc) is 2.89. The van der Waals surface area contributed by atoms with E-state index in [1.165, 1.54) is 24.7 Å². The van der Waals surface area contributed by atoms with Crippen LogP contribution in [-0.2, 0) is 9.47 Å². The molecule has 1 aromatic carbocycles. The maximum Gasteiger partial charge on any atom is 0.272 e. The molecule has 2 aliphatic heterocycles. The van der Waals surface area contributed by atoms with Gasteiger partial charge in [0.2, 0.25) is 0 Å². The molecule has 1 unspecified atom stereocenters. The molecule has 3 fully saturated rings. The van der Waals surface area contributed by atoms with Gasteiger partial charge in [0.25, 0.3) is 5.91 Å². The smallest absolute Gasteiger partial charge is 0.272 e. The molecule has 0 bridgehead atoms. The zero-order valence-electron chi connectivity index (χ0n) is 21.5. The van der Waals surface area contributed by atoms with Gasteiger partial charge in [-0.15, -0.1) is 0 Å². The third-order valence-electron chi connectivity index (χ3n) is 8.19. The number of methoxy groups -OCH3 is 1. The molecule has 3 aliphatic rings. The third-order valence-corrected chi connectivity index (χ3v) is 8.19. The Morgan fingerprint density at radius 3 is 2.67 bits per heavy atom. The van der Waals surface area contributed by atoms with Crippen molar-refractivity contribution >= 4 is 11.7 Å². The highest BCUT2D eigenvalue weighted by atomic mass is 16.5. The van der Waals surface area contributed by atoms with Gasteiger partial charge in [-0.05, 0) is 56.4 Å². The Hall–Kier alpha value is -2.55. The highest BCUT2D eigenvalue weighted by Crippen LogP contribution is 2.41. The number of nitrogens with one attached hydrogen (secondary N) is 2. The molecule has 5 rings (SSSR count). The van der Waals surface area contributed by atoms with Crippen LogP contribution in [0.1, 0.15) is 59.6 Å². The van der Waals surface area contributed by atoms with Crippen LogP contribution in [0.25, 0.3) is 0 Å². The topological polar surface area (TPSA) is 88.6 Å². The Morgan fingerprint density at radius 2 is 1.92 bits per heavy atom. The van der Waals surface area contributed by atoms with Gasteiger partial charge in [-0.1, -0.05) is 30.3 Å². The Morgan fingerprint density at radius 1 is 1.14 bits per heavy atom. The molecule has 1 aromatic heterocycles. The fraction of sp³-hybridized carbons (Fsp3) is 0.607. The van der Waals surface area contributed by atoms with Crippen LogP contribution in [-0.4, -0.2) is 78.9 Å². The standard InChI is InChI=1S/C28H39N5O3/c1-19-26(28(34)33-11-8-23(9-12-33)32-24-10-13-36-17-25(24)35-2)30-18-31-27(19)29-16-20-14-22(15-20)21-6-4-3-5-7-21/h3-7,18,20,22-25,32H,8-17H2,1-2H3,(H,29,30,31)/t20-,22-,24-,25?/m0/s1. The fourth-order valence-corrected chi connectivity index (χ4v) is 5.82. The van der Waals surface area contributed by atoms with Crippen LogP contribution in [0, 0.1) is 12.8 Å². The normalized spacial score (nSPS) is 26.9. The molecule has 8 nitrogen and oxygen atoms in total. The minimum absolute atomic E-state index is 0.00465. The first kappa shape index (κ1) is 25.1. The molecule has 36 heavy (non-hydrogen) atoms. The summed E-state index contributed by atoms with van der Waals surface area (Å²) in [6, 6.07) is 11.5. The molecule has 2 saturated heterocycles. The molecule has 3 heterocycles. The highest BCUT2D eigenvalue weighted by molar-refractivity contribution is 5.94. The van der Waals surface area contributed by atoms with Crippen LogP contribution in [0.4, 0.5) is 5.82 Å². The molecule has 0 radical (unpaired) electrons. The summed E-state index contributed by atoms with van der Waals surface area (Å²) in [6.45, 7) is 5.70. The van der Waals surface area contributed by atoms with Gasteiger partial charge in [0, 0.05) is 51.0 Å². The molecule has 194 valence electrons. The maximum atomic E-state index is 13.3. The number of benzene rings is 1. The van der Waals surface area contributed by atoms with Crippen LogP contribution < -0.4 is 10.6 Å². The Labute approximate surface area is 214 Å². The lowest BCUT2D eigenvalue weighted by Crippen LogP contribution is -2.54. The zero-order chi connectivity index (χ0) is 24.9.